The van der Waals surface area contributed by atoms with Crippen LogP contribution in [0.15, 0.2) is 41.4 Å². The lowest BCUT2D eigenvalue weighted by molar-refractivity contribution is 0.101. The molecule has 0 spiro atoms. The highest BCUT2D eigenvalue weighted by molar-refractivity contribution is 7.89. The fourth-order valence-electron chi connectivity index (χ4n) is 3.13. The Morgan fingerprint density at radius 2 is 1.90 bits per heavy atom. The van der Waals surface area contributed by atoms with Crippen LogP contribution in [0.2, 0.25) is 0 Å². The first-order chi connectivity index (χ1) is 13.8. The lowest BCUT2D eigenvalue weighted by atomic mass is 10.2. The van der Waals surface area contributed by atoms with Crippen LogP contribution < -0.4 is 5.32 Å². The maximum atomic E-state index is 13.0. The molecule has 4 rings (SSSR count). The molecule has 1 aliphatic rings. The smallest absolute Gasteiger partial charge is 0.274 e. The summed E-state index contributed by atoms with van der Waals surface area (Å²) in [6.45, 7) is 0.991. The minimum Gasteiger partial charge on any atom is -0.345 e. The molecule has 2 aromatic heterocycles. The van der Waals surface area contributed by atoms with E-state index in [9.17, 15) is 17.6 Å². The Morgan fingerprint density at radius 3 is 2.59 bits per heavy atom. The molecule has 152 valence electrons. The summed E-state index contributed by atoms with van der Waals surface area (Å²) in [7, 11) is -1.99. The van der Waals surface area contributed by atoms with E-state index in [1.165, 1.54) is 33.3 Å². The molecule has 11 heteroatoms. The van der Waals surface area contributed by atoms with E-state index in [0.717, 1.165) is 24.4 Å². The molecular formula is C18H18FN5O3S2. The van der Waals surface area contributed by atoms with Crippen molar-refractivity contribution in [2.45, 2.75) is 17.7 Å². The van der Waals surface area contributed by atoms with Gasteiger partial charge in [-0.05, 0) is 43.2 Å². The second-order valence-electron chi connectivity index (χ2n) is 6.67. The Bertz CT molecular complexity index is 1150. The van der Waals surface area contributed by atoms with Gasteiger partial charge in [0.2, 0.25) is 15.2 Å². The number of anilines is 1. The normalized spacial score (nSPS) is 15.0. The third-order valence-electron chi connectivity index (χ3n) is 4.66. The van der Waals surface area contributed by atoms with Gasteiger partial charge < -0.3 is 4.57 Å². The predicted molar refractivity (Wildman–Crippen MR) is 107 cm³/mol. The van der Waals surface area contributed by atoms with Crippen molar-refractivity contribution in [1.29, 1.82) is 0 Å². The van der Waals surface area contributed by atoms with Crippen LogP contribution in [0, 0.1) is 5.82 Å². The van der Waals surface area contributed by atoms with Crippen molar-refractivity contribution < 1.29 is 17.6 Å². The molecule has 0 unspecified atom stereocenters. The molecule has 0 radical (unpaired) electrons. The van der Waals surface area contributed by atoms with Crippen LogP contribution in [-0.2, 0) is 17.1 Å². The number of nitrogens with one attached hydrogen (secondary N) is 1. The zero-order valence-corrected chi connectivity index (χ0v) is 17.1. The van der Waals surface area contributed by atoms with Crippen LogP contribution in [0.4, 0.5) is 9.52 Å². The molecule has 1 aromatic carbocycles. The second-order valence-corrected chi connectivity index (χ2v) is 9.36. The third kappa shape index (κ3) is 3.93. The number of rotatable bonds is 5. The molecule has 3 aromatic rings. The Labute approximate surface area is 171 Å². The van der Waals surface area contributed by atoms with Gasteiger partial charge in [0.1, 0.15) is 16.4 Å². The number of nitrogens with zero attached hydrogens (tertiary/aromatic N) is 4. The summed E-state index contributed by atoms with van der Waals surface area (Å²) in [6, 6.07) is 7.08. The van der Waals surface area contributed by atoms with E-state index in [0.29, 0.717) is 24.5 Å². The van der Waals surface area contributed by atoms with Gasteiger partial charge >= 0.3 is 0 Å². The lowest BCUT2D eigenvalue weighted by Gasteiger charge is -2.13. The first kappa shape index (κ1) is 19.7. The Morgan fingerprint density at radius 1 is 1.21 bits per heavy atom. The number of aromatic nitrogens is 3. The maximum absolute atomic E-state index is 13.0. The van der Waals surface area contributed by atoms with Crippen molar-refractivity contribution in [3.8, 4) is 11.4 Å². The standard InChI is InChI=1S/C18H18FN5O3S2/c1-23-11-14(29(26,27)24-8-2-3-9-24)10-15(23)17(25)21-18-20-16(22-28-18)12-4-6-13(19)7-5-12/h4-7,10-11H,2-3,8-9H2,1H3,(H,20,21,22,25). The number of carbonyl (C=O) groups is 1. The SMILES string of the molecule is Cn1cc(S(=O)(=O)N2CCCC2)cc1C(=O)Nc1nc(-c2ccc(F)cc2)ns1. The average Bonchev–Trinajstić information content (AvgIpc) is 3.43. The van der Waals surface area contributed by atoms with Gasteiger partial charge in [0, 0.05) is 43.4 Å². The maximum Gasteiger partial charge on any atom is 0.274 e. The van der Waals surface area contributed by atoms with E-state index in [2.05, 4.69) is 14.7 Å². The van der Waals surface area contributed by atoms with E-state index in [1.54, 1.807) is 19.2 Å². The highest BCUT2D eigenvalue weighted by Crippen LogP contribution is 2.24. The topological polar surface area (TPSA) is 97.2 Å². The summed E-state index contributed by atoms with van der Waals surface area (Å²) in [4.78, 5) is 17.0. The number of halogens is 1. The summed E-state index contributed by atoms with van der Waals surface area (Å²) >= 11 is 0.988. The summed E-state index contributed by atoms with van der Waals surface area (Å²) in [6.07, 6.45) is 3.12. The summed E-state index contributed by atoms with van der Waals surface area (Å²) in [5.41, 5.74) is 0.822. The molecule has 3 heterocycles. The number of hydrogen-bond donors (Lipinski definition) is 1. The van der Waals surface area contributed by atoms with Gasteiger partial charge in [-0.3, -0.25) is 10.1 Å². The molecule has 0 saturated carbocycles. The number of aryl methyl sites for hydroxylation is 1. The average molecular weight is 436 g/mol. The minimum atomic E-state index is -3.61. The Hall–Kier alpha value is -2.63. The highest BCUT2D eigenvalue weighted by atomic mass is 32.2. The highest BCUT2D eigenvalue weighted by Gasteiger charge is 2.29. The summed E-state index contributed by atoms with van der Waals surface area (Å²) < 4.78 is 45.5. The number of carbonyl (C=O) groups excluding carboxylic acids is 1. The van der Waals surface area contributed by atoms with Gasteiger partial charge in [-0.15, -0.1) is 0 Å². The third-order valence-corrected chi connectivity index (χ3v) is 7.16. The van der Waals surface area contributed by atoms with Crippen molar-refractivity contribution >= 4 is 32.6 Å². The second kappa shape index (κ2) is 7.65. The molecule has 29 heavy (non-hydrogen) atoms. The monoisotopic (exact) mass is 435 g/mol. The van der Waals surface area contributed by atoms with Gasteiger partial charge in [0.05, 0.1) is 0 Å². The van der Waals surface area contributed by atoms with Crippen LogP contribution >= 0.6 is 11.5 Å². The first-order valence-corrected chi connectivity index (χ1v) is 11.1. The van der Waals surface area contributed by atoms with E-state index >= 15 is 0 Å². The molecule has 0 atom stereocenters. The fraction of sp³-hybridized carbons (Fsp3) is 0.278. The van der Waals surface area contributed by atoms with E-state index in [1.807, 2.05) is 0 Å². The Kier molecular flexibility index (Phi) is 5.19. The van der Waals surface area contributed by atoms with E-state index in [4.69, 9.17) is 0 Å². The van der Waals surface area contributed by atoms with E-state index in [-0.39, 0.29) is 21.5 Å². The van der Waals surface area contributed by atoms with Crippen molar-refractivity contribution in [3.05, 3.63) is 48.0 Å². The van der Waals surface area contributed by atoms with Crippen molar-refractivity contribution in [3.63, 3.8) is 0 Å². The van der Waals surface area contributed by atoms with Crippen LogP contribution in [-0.4, -0.2) is 45.6 Å². The van der Waals surface area contributed by atoms with Crippen LogP contribution in [0.3, 0.4) is 0 Å². The largest absolute Gasteiger partial charge is 0.345 e. The summed E-state index contributed by atoms with van der Waals surface area (Å²) in [5.74, 6) is -0.479. The minimum absolute atomic E-state index is 0.0938. The van der Waals surface area contributed by atoms with Gasteiger partial charge in [0.15, 0.2) is 5.82 Å². The number of benzene rings is 1. The number of hydrogen-bond acceptors (Lipinski definition) is 6. The van der Waals surface area contributed by atoms with Crippen LogP contribution in [0.5, 0.6) is 0 Å². The molecule has 1 aliphatic heterocycles. The quantitative estimate of drug-likeness (QED) is 0.665. The first-order valence-electron chi connectivity index (χ1n) is 8.92. The molecule has 1 N–H and O–H groups in total. The van der Waals surface area contributed by atoms with Crippen LogP contribution in [0.25, 0.3) is 11.4 Å². The van der Waals surface area contributed by atoms with Crippen molar-refractivity contribution in [1.82, 2.24) is 18.2 Å². The van der Waals surface area contributed by atoms with Gasteiger partial charge in [0.25, 0.3) is 5.91 Å². The summed E-state index contributed by atoms with van der Waals surface area (Å²) in [5, 5.41) is 2.90. The molecule has 0 bridgehead atoms. The lowest BCUT2D eigenvalue weighted by Crippen LogP contribution is -2.27. The molecule has 8 nitrogen and oxygen atoms in total. The predicted octanol–water partition coefficient (Wildman–Crippen LogP) is 2.72. The van der Waals surface area contributed by atoms with E-state index < -0.39 is 15.9 Å². The molecule has 0 aliphatic carbocycles. The number of amides is 1. The Balaban J connectivity index is 1.52. The molecular weight excluding hydrogens is 417 g/mol. The van der Waals surface area contributed by atoms with Crippen molar-refractivity contribution in [2.24, 2.45) is 7.05 Å². The van der Waals surface area contributed by atoms with Gasteiger partial charge in [-0.1, -0.05) is 0 Å². The number of sulfonamides is 1. The molecule has 1 amide bonds. The van der Waals surface area contributed by atoms with Crippen LogP contribution in [0.1, 0.15) is 23.3 Å². The van der Waals surface area contributed by atoms with Crippen molar-refractivity contribution in [2.75, 3.05) is 18.4 Å². The van der Waals surface area contributed by atoms with Gasteiger partial charge in [-0.25, -0.2) is 12.8 Å². The molecule has 1 saturated heterocycles. The molecule has 1 fully saturated rings. The fourth-order valence-corrected chi connectivity index (χ4v) is 5.30. The zero-order chi connectivity index (χ0) is 20.6. The zero-order valence-electron chi connectivity index (χ0n) is 15.5. The van der Waals surface area contributed by atoms with Gasteiger partial charge in [-0.2, -0.15) is 13.7 Å².